The van der Waals surface area contributed by atoms with Gasteiger partial charge in [0.05, 0.1) is 11.5 Å². The summed E-state index contributed by atoms with van der Waals surface area (Å²) in [6, 6.07) is -0.662. The third-order valence-corrected chi connectivity index (χ3v) is 4.71. The van der Waals surface area contributed by atoms with Crippen LogP contribution in [0, 0.1) is 0 Å². The minimum absolute atomic E-state index is 0.00465. The fraction of sp³-hybridized carbons (Fsp3) is 0.818. The van der Waals surface area contributed by atoms with E-state index in [1.165, 1.54) is 4.90 Å². The van der Waals surface area contributed by atoms with Gasteiger partial charge in [-0.3, -0.25) is 9.59 Å². The van der Waals surface area contributed by atoms with E-state index in [-0.39, 0.29) is 36.4 Å². The first kappa shape index (κ1) is 15.9. The van der Waals surface area contributed by atoms with Crippen LogP contribution in [0.25, 0.3) is 0 Å². The van der Waals surface area contributed by atoms with Crippen LogP contribution in [0.3, 0.4) is 0 Å². The lowest BCUT2D eigenvalue weighted by Crippen LogP contribution is -2.49. The zero-order valence-electron chi connectivity index (χ0n) is 11.1. The largest absolute Gasteiger partial charge is 0.480 e. The molecule has 19 heavy (non-hydrogen) atoms. The van der Waals surface area contributed by atoms with E-state index in [9.17, 15) is 18.0 Å². The summed E-state index contributed by atoms with van der Waals surface area (Å²) in [6.45, 7) is 3.43. The summed E-state index contributed by atoms with van der Waals surface area (Å²) in [5.74, 6) is -1.41. The Morgan fingerprint density at radius 1 is 1.42 bits per heavy atom. The van der Waals surface area contributed by atoms with Gasteiger partial charge >= 0.3 is 5.97 Å². The van der Waals surface area contributed by atoms with Crippen LogP contribution in [0.2, 0.25) is 0 Å². The molecular formula is C11H20N2O5S. The van der Waals surface area contributed by atoms with E-state index in [0.29, 0.717) is 6.54 Å². The number of aliphatic carboxylic acids is 1. The maximum atomic E-state index is 12.0. The third-order valence-electron chi connectivity index (χ3n) is 2.97. The summed E-state index contributed by atoms with van der Waals surface area (Å²) in [5.41, 5.74) is 0. The predicted octanol–water partition coefficient (Wildman–Crippen LogP) is -0.915. The van der Waals surface area contributed by atoms with Crippen LogP contribution in [-0.2, 0) is 19.4 Å². The van der Waals surface area contributed by atoms with Crippen LogP contribution < -0.4 is 5.32 Å². The molecule has 0 aromatic rings. The number of sulfone groups is 1. The number of carbonyl (C=O) groups is 2. The zero-order valence-corrected chi connectivity index (χ0v) is 11.9. The number of carboxylic acid groups (broad SMARTS) is 1. The van der Waals surface area contributed by atoms with Crippen molar-refractivity contribution in [3.8, 4) is 0 Å². The van der Waals surface area contributed by atoms with Crippen molar-refractivity contribution in [2.45, 2.75) is 32.4 Å². The molecule has 0 aliphatic carbocycles. The molecule has 0 bridgehead atoms. The number of amides is 1. The molecule has 0 aromatic carbocycles. The van der Waals surface area contributed by atoms with Crippen LogP contribution in [-0.4, -0.2) is 67.0 Å². The fourth-order valence-corrected chi connectivity index (χ4v) is 3.48. The number of hydrogen-bond acceptors (Lipinski definition) is 5. The number of hydrogen-bond donors (Lipinski definition) is 2. The SMILES string of the molecule is CC(C)N(CC(=O)O)C(=O)CC1CS(=O)(=O)CCN1. The van der Waals surface area contributed by atoms with Gasteiger partial charge in [-0.2, -0.15) is 0 Å². The van der Waals surface area contributed by atoms with Crippen LogP contribution in [0.15, 0.2) is 0 Å². The fourth-order valence-electron chi connectivity index (χ4n) is 2.03. The van der Waals surface area contributed by atoms with Crippen molar-refractivity contribution in [3.05, 3.63) is 0 Å². The molecule has 1 heterocycles. The van der Waals surface area contributed by atoms with Crippen molar-refractivity contribution in [2.75, 3.05) is 24.6 Å². The Kier molecular flexibility index (Phi) is 5.30. The molecule has 1 aliphatic heterocycles. The quantitative estimate of drug-likeness (QED) is 0.679. The summed E-state index contributed by atoms with van der Waals surface area (Å²) < 4.78 is 22.9. The molecule has 2 N–H and O–H groups in total. The molecule has 1 aliphatic rings. The van der Waals surface area contributed by atoms with Gasteiger partial charge in [0, 0.05) is 25.0 Å². The third kappa shape index (κ3) is 5.15. The number of carboxylic acids is 1. The summed E-state index contributed by atoms with van der Waals surface area (Å²) in [6.07, 6.45) is 0.00465. The van der Waals surface area contributed by atoms with Crippen molar-refractivity contribution in [3.63, 3.8) is 0 Å². The Labute approximate surface area is 112 Å². The van der Waals surface area contributed by atoms with E-state index in [1.807, 2.05) is 0 Å². The highest BCUT2D eigenvalue weighted by atomic mass is 32.2. The highest BCUT2D eigenvalue weighted by Crippen LogP contribution is 2.09. The molecule has 1 unspecified atom stereocenters. The Bertz CT molecular complexity index is 446. The van der Waals surface area contributed by atoms with E-state index < -0.39 is 21.8 Å². The minimum atomic E-state index is -3.10. The van der Waals surface area contributed by atoms with Crippen LogP contribution in [0.4, 0.5) is 0 Å². The highest BCUT2D eigenvalue weighted by Gasteiger charge is 2.29. The zero-order chi connectivity index (χ0) is 14.6. The normalized spacial score (nSPS) is 22.2. The molecule has 1 amide bonds. The molecule has 1 saturated heterocycles. The van der Waals surface area contributed by atoms with Crippen LogP contribution in [0.5, 0.6) is 0 Å². The number of rotatable bonds is 5. The average Bonchev–Trinajstić information content (AvgIpc) is 2.23. The van der Waals surface area contributed by atoms with Gasteiger partial charge in [0.1, 0.15) is 6.54 Å². The first-order valence-electron chi connectivity index (χ1n) is 6.16. The van der Waals surface area contributed by atoms with Crippen LogP contribution in [0.1, 0.15) is 20.3 Å². The lowest BCUT2D eigenvalue weighted by Gasteiger charge is -2.29. The monoisotopic (exact) mass is 292 g/mol. The average molecular weight is 292 g/mol. The van der Waals surface area contributed by atoms with Gasteiger partial charge in [0.2, 0.25) is 5.91 Å². The second kappa shape index (κ2) is 6.33. The van der Waals surface area contributed by atoms with Gasteiger partial charge < -0.3 is 15.3 Å². The summed E-state index contributed by atoms with van der Waals surface area (Å²) in [7, 11) is -3.10. The smallest absolute Gasteiger partial charge is 0.323 e. The summed E-state index contributed by atoms with van der Waals surface area (Å²) >= 11 is 0. The molecule has 0 spiro atoms. The van der Waals surface area contributed by atoms with E-state index in [1.54, 1.807) is 13.8 Å². The number of carbonyl (C=O) groups excluding carboxylic acids is 1. The van der Waals surface area contributed by atoms with Gasteiger partial charge in [-0.25, -0.2) is 8.42 Å². The van der Waals surface area contributed by atoms with E-state index in [4.69, 9.17) is 5.11 Å². The number of nitrogens with zero attached hydrogens (tertiary/aromatic N) is 1. The lowest BCUT2D eigenvalue weighted by molar-refractivity contribution is -0.146. The van der Waals surface area contributed by atoms with E-state index >= 15 is 0 Å². The second-order valence-corrected chi connectivity index (χ2v) is 7.21. The van der Waals surface area contributed by atoms with Crippen molar-refractivity contribution in [2.24, 2.45) is 0 Å². The first-order chi connectivity index (χ1) is 8.71. The predicted molar refractivity (Wildman–Crippen MR) is 69.5 cm³/mol. The first-order valence-corrected chi connectivity index (χ1v) is 7.98. The molecule has 110 valence electrons. The molecule has 1 fully saturated rings. The Hall–Kier alpha value is -1.15. The molecule has 7 nitrogen and oxygen atoms in total. The molecule has 1 atom stereocenters. The van der Waals surface area contributed by atoms with Crippen molar-refractivity contribution in [1.82, 2.24) is 10.2 Å². The van der Waals surface area contributed by atoms with Gasteiger partial charge in [-0.1, -0.05) is 0 Å². The topological polar surface area (TPSA) is 104 Å². The Morgan fingerprint density at radius 3 is 2.53 bits per heavy atom. The van der Waals surface area contributed by atoms with Crippen molar-refractivity contribution in [1.29, 1.82) is 0 Å². The number of nitrogens with one attached hydrogen (secondary N) is 1. The maximum absolute atomic E-state index is 12.0. The molecule has 0 aromatic heterocycles. The molecule has 8 heteroatoms. The van der Waals surface area contributed by atoms with Gasteiger partial charge in [0.25, 0.3) is 0 Å². The maximum Gasteiger partial charge on any atom is 0.323 e. The van der Waals surface area contributed by atoms with E-state index in [0.717, 1.165) is 0 Å². The van der Waals surface area contributed by atoms with Crippen molar-refractivity contribution < 1.29 is 23.1 Å². The molecule has 0 saturated carbocycles. The Balaban J connectivity index is 2.63. The standard InChI is InChI=1S/C11H20N2O5S/c1-8(2)13(6-11(15)16)10(14)5-9-7-19(17,18)4-3-12-9/h8-9,12H,3-7H2,1-2H3,(H,15,16). The van der Waals surface area contributed by atoms with Gasteiger partial charge in [-0.15, -0.1) is 0 Å². The highest BCUT2D eigenvalue weighted by molar-refractivity contribution is 7.91. The second-order valence-electron chi connectivity index (χ2n) is 4.98. The van der Waals surface area contributed by atoms with Crippen LogP contribution >= 0.6 is 0 Å². The molecular weight excluding hydrogens is 272 g/mol. The molecule has 0 radical (unpaired) electrons. The Morgan fingerprint density at radius 2 is 2.05 bits per heavy atom. The summed E-state index contributed by atoms with van der Waals surface area (Å²) in [5, 5.41) is 11.7. The van der Waals surface area contributed by atoms with Gasteiger partial charge in [-0.05, 0) is 13.8 Å². The van der Waals surface area contributed by atoms with E-state index in [2.05, 4.69) is 5.32 Å². The molecule has 1 rings (SSSR count). The van der Waals surface area contributed by atoms with Gasteiger partial charge in [0.15, 0.2) is 9.84 Å². The lowest BCUT2D eigenvalue weighted by atomic mass is 10.2. The minimum Gasteiger partial charge on any atom is -0.480 e. The van der Waals surface area contributed by atoms with Crippen molar-refractivity contribution >= 4 is 21.7 Å². The summed E-state index contributed by atoms with van der Waals surface area (Å²) in [4.78, 5) is 24.0.